The van der Waals surface area contributed by atoms with Crippen LogP contribution in [0.15, 0.2) is 73.3 Å². The van der Waals surface area contributed by atoms with E-state index in [1.807, 2.05) is 49.1 Å². The minimum atomic E-state index is -0.683. The highest BCUT2D eigenvalue weighted by molar-refractivity contribution is 5.82. The average Bonchev–Trinajstić information content (AvgIpc) is 3.12. The van der Waals surface area contributed by atoms with Gasteiger partial charge in [-0.15, -0.1) is 0 Å². The monoisotopic (exact) mass is 664 g/mol. The van der Waals surface area contributed by atoms with Crippen molar-refractivity contribution in [2.24, 2.45) is 5.92 Å². The largest absolute Gasteiger partial charge is 0.427 e. The molecule has 0 amide bonds. The second-order valence-corrected chi connectivity index (χ2v) is 12.9. The summed E-state index contributed by atoms with van der Waals surface area (Å²) in [5.41, 5.74) is 3.95. The van der Waals surface area contributed by atoms with Gasteiger partial charge in [0, 0.05) is 35.9 Å². The van der Waals surface area contributed by atoms with Gasteiger partial charge in [0.05, 0.1) is 12.3 Å². The summed E-state index contributed by atoms with van der Waals surface area (Å²) >= 11 is 0. The van der Waals surface area contributed by atoms with Crippen LogP contribution in [-0.4, -0.2) is 31.9 Å². The lowest BCUT2D eigenvalue weighted by Gasteiger charge is -2.11. The van der Waals surface area contributed by atoms with E-state index in [0.29, 0.717) is 23.1 Å². The molecule has 2 aromatic carbocycles. The van der Waals surface area contributed by atoms with E-state index in [2.05, 4.69) is 33.8 Å². The summed E-state index contributed by atoms with van der Waals surface area (Å²) in [7, 11) is 0. The lowest BCUT2D eigenvalue weighted by Crippen LogP contribution is -2.22. The van der Waals surface area contributed by atoms with Gasteiger partial charge in [-0.25, -0.2) is 19.9 Å². The fourth-order valence-corrected chi connectivity index (χ4v) is 5.55. The van der Waals surface area contributed by atoms with Crippen molar-refractivity contribution in [2.45, 2.75) is 117 Å². The van der Waals surface area contributed by atoms with Crippen LogP contribution in [-0.2, 0) is 22.4 Å². The fourth-order valence-electron chi connectivity index (χ4n) is 5.55. The molecule has 0 N–H and O–H groups in total. The molecule has 49 heavy (non-hydrogen) atoms. The zero-order chi connectivity index (χ0) is 34.7. The molecule has 4 aromatic rings. The first-order valence-corrected chi connectivity index (χ1v) is 18.2. The lowest BCUT2D eigenvalue weighted by molar-refractivity contribution is -0.144. The first kappa shape index (κ1) is 37.4. The van der Waals surface area contributed by atoms with Gasteiger partial charge in [0.15, 0.2) is 11.6 Å². The molecular formula is C41H52N4O4. The molecule has 1 atom stereocenters. The summed E-state index contributed by atoms with van der Waals surface area (Å²) in [6, 6.07) is 14.1. The molecule has 2 heterocycles. The number of carbonyl (C=O) groups excluding carboxylic acids is 2. The van der Waals surface area contributed by atoms with Gasteiger partial charge >= 0.3 is 11.9 Å². The highest BCUT2D eigenvalue weighted by atomic mass is 16.5. The number of aryl methyl sites for hydroxylation is 2. The number of hydrogen-bond donors (Lipinski definition) is 0. The minimum absolute atomic E-state index is 0.110. The Labute approximate surface area is 292 Å². The maximum Gasteiger partial charge on any atom is 0.314 e. The van der Waals surface area contributed by atoms with E-state index < -0.39 is 17.9 Å². The van der Waals surface area contributed by atoms with Crippen molar-refractivity contribution in [2.75, 3.05) is 0 Å². The van der Waals surface area contributed by atoms with Crippen molar-refractivity contribution >= 4 is 11.9 Å². The second-order valence-electron chi connectivity index (χ2n) is 12.9. The van der Waals surface area contributed by atoms with Gasteiger partial charge in [0.1, 0.15) is 11.5 Å². The van der Waals surface area contributed by atoms with Crippen LogP contribution in [0.2, 0.25) is 0 Å². The molecule has 0 aliphatic rings. The first-order valence-electron chi connectivity index (χ1n) is 18.2. The Balaban J connectivity index is 1.17. The number of benzene rings is 2. The molecule has 0 saturated heterocycles. The molecule has 2 aromatic heterocycles. The Morgan fingerprint density at radius 2 is 0.939 bits per heavy atom. The Morgan fingerprint density at radius 1 is 0.551 bits per heavy atom. The van der Waals surface area contributed by atoms with E-state index in [9.17, 15) is 9.59 Å². The Hall–Kier alpha value is -4.46. The van der Waals surface area contributed by atoms with Crippen LogP contribution in [0.3, 0.4) is 0 Å². The van der Waals surface area contributed by atoms with Gasteiger partial charge in [-0.2, -0.15) is 0 Å². The van der Waals surface area contributed by atoms with Crippen molar-refractivity contribution < 1.29 is 19.1 Å². The SMILES string of the molecule is CCCCCCCCc1cnc(-c2ccc(OC(=O)C[C@@H](C)C(=O)Oc3ccc(-c4ncc(CCCCCCCC)cn4)cc3)cc2)nc1. The molecule has 8 nitrogen and oxygen atoms in total. The number of esters is 2. The average molecular weight is 665 g/mol. The molecule has 0 aliphatic heterocycles. The number of rotatable bonds is 21. The summed E-state index contributed by atoms with van der Waals surface area (Å²) in [5.74, 6) is 0.324. The normalized spacial score (nSPS) is 11.7. The van der Waals surface area contributed by atoms with E-state index in [4.69, 9.17) is 9.47 Å². The minimum Gasteiger partial charge on any atom is -0.427 e. The van der Waals surface area contributed by atoms with Crippen LogP contribution in [0.1, 0.15) is 115 Å². The highest BCUT2D eigenvalue weighted by Crippen LogP contribution is 2.23. The zero-order valence-electron chi connectivity index (χ0n) is 29.5. The molecule has 0 spiro atoms. The second kappa shape index (κ2) is 20.8. The van der Waals surface area contributed by atoms with Crippen LogP contribution >= 0.6 is 0 Å². The zero-order valence-corrected chi connectivity index (χ0v) is 29.5. The summed E-state index contributed by atoms with van der Waals surface area (Å²) < 4.78 is 11.0. The van der Waals surface area contributed by atoms with Crippen LogP contribution in [0, 0.1) is 5.92 Å². The fraction of sp³-hybridized carbons (Fsp3) is 0.463. The standard InChI is InChI=1S/C41H52N4O4/c1-4-6-8-10-12-14-16-32-27-42-39(43-28-32)34-18-22-36(23-19-34)48-38(46)26-31(3)41(47)49-37-24-20-35(21-25-37)40-44-29-33(30-45-40)17-15-13-11-9-7-5-2/h18-25,27-31H,4-17,26H2,1-3H3/t31-/m1/s1. The Bertz CT molecular complexity index is 1540. The van der Waals surface area contributed by atoms with E-state index >= 15 is 0 Å². The van der Waals surface area contributed by atoms with E-state index in [1.165, 1.54) is 64.2 Å². The van der Waals surface area contributed by atoms with Crippen molar-refractivity contribution in [3.63, 3.8) is 0 Å². The van der Waals surface area contributed by atoms with Gasteiger partial charge < -0.3 is 9.47 Å². The van der Waals surface area contributed by atoms with Crippen LogP contribution in [0.4, 0.5) is 0 Å². The number of nitrogens with zero attached hydrogens (tertiary/aromatic N) is 4. The predicted octanol–water partition coefficient (Wildman–Crippen LogP) is 9.94. The molecule has 0 saturated carbocycles. The molecule has 0 radical (unpaired) electrons. The maximum absolute atomic E-state index is 12.7. The van der Waals surface area contributed by atoms with Gasteiger partial charge in [-0.05, 0) is 85.3 Å². The summed E-state index contributed by atoms with van der Waals surface area (Å²) in [4.78, 5) is 43.4. The summed E-state index contributed by atoms with van der Waals surface area (Å²) in [6.07, 6.45) is 24.5. The molecule has 0 unspecified atom stereocenters. The van der Waals surface area contributed by atoms with Crippen molar-refractivity contribution in [3.8, 4) is 34.3 Å². The van der Waals surface area contributed by atoms with Gasteiger partial charge in [0.25, 0.3) is 0 Å². The van der Waals surface area contributed by atoms with E-state index in [-0.39, 0.29) is 6.42 Å². The number of aromatic nitrogens is 4. The van der Waals surface area contributed by atoms with E-state index in [0.717, 1.165) is 47.9 Å². The van der Waals surface area contributed by atoms with Crippen molar-refractivity contribution in [1.29, 1.82) is 0 Å². The molecule has 4 rings (SSSR count). The van der Waals surface area contributed by atoms with Crippen molar-refractivity contribution in [3.05, 3.63) is 84.4 Å². The van der Waals surface area contributed by atoms with Crippen LogP contribution in [0.5, 0.6) is 11.5 Å². The van der Waals surface area contributed by atoms with Gasteiger partial charge in [0.2, 0.25) is 0 Å². The third-order valence-electron chi connectivity index (χ3n) is 8.60. The third-order valence-corrected chi connectivity index (χ3v) is 8.60. The Morgan fingerprint density at radius 3 is 1.37 bits per heavy atom. The molecule has 8 heteroatoms. The summed E-state index contributed by atoms with van der Waals surface area (Å²) in [6.45, 7) is 6.11. The lowest BCUT2D eigenvalue weighted by atomic mass is 10.1. The molecular weight excluding hydrogens is 612 g/mol. The topological polar surface area (TPSA) is 104 Å². The van der Waals surface area contributed by atoms with Crippen molar-refractivity contribution in [1.82, 2.24) is 19.9 Å². The maximum atomic E-state index is 12.7. The quantitative estimate of drug-likeness (QED) is 0.0492. The van der Waals surface area contributed by atoms with Crippen LogP contribution in [0.25, 0.3) is 22.8 Å². The van der Waals surface area contributed by atoms with E-state index in [1.54, 1.807) is 31.2 Å². The smallest absolute Gasteiger partial charge is 0.314 e. The van der Waals surface area contributed by atoms with Gasteiger partial charge in [-0.1, -0.05) is 85.0 Å². The number of hydrogen-bond acceptors (Lipinski definition) is 8. The summed E-state index contributed by atoms with van der Waals surface area (Å²) in [5, 5.41) is 0. The van der Waals surface area contributed by atoms with Gasteiger partial charge in [-0.3, -0.25) is 9.59 Å². The number of carbonyl (C=O) groups is 2. The number of ether oxygens (including phenoxy) is 2. The Kier molecular flexibility index (Phi) is 15.9. The molecule has 260 valence electrons. The van der Waals surface area contributed by atoms with Crippen LogP contribution < -0.4 is 9.47 Å². The molecule has 0 fully saturated rings. The molecule has 0 aliphatic carbocycles. The predicted molar refractivity (Wildman–Crippen MR) is 194 cm³/mol. The highest BCUT2D eigenvalue weighted by Gasteiger charge is 2.21. The first-order chi connectivity index (χ1) is 23.9. The third kappa shape index (κ3) is 13.2. The molecule has 0 bridgehead atoms. The number of unbranched alkanes of at least 4 members (excludes halogenated alkanes) is 10.